The maximum absolute atomic E-state index is 5.60. The van der Waals surface area contributed by atoms with E-state index < -0.39 is 0 Å². The molecule has 0 aliphatic carbocycles. The number of rotatable bonds is 3. The highest BCUT2D eigenvalue weighted by Gasteiger charge is 1.98. The Kier molecular flexibility index (Phi) is 3.26. The van der Waals surface area contributed by atoms with Crippen molar-refractivity contribution in [2.45, 2.75) is 20.0 Å². The van der Waals surface area contributed by atoms with Crippen LogP contribution in [0.4, 0.5) is 0 Å². The van der Waals surface area contributed by atoms with Gasteiger partial charge in [0, 0.05) is 13.1 Å². The van der Waals surface area contributed by atoms with Gasteiger partial charge in [-0.2, -0.15) is 0 Å². The number of nitrogens with two attached hydrogens (primary N) is 1. The van der Waals surface area contributed by atoms with Crippen LogP contribution in [0, 0.1) is 6.92 Å². The fourth-order valence-corrected chi connectivity index (χ4v) is 1.31. The maximum atomic E-state index is 5.60. The lowest BCUT2D eigenvalue weighted by Gasteiger charge is -2.07. The standard InChI is InChI=1S/C10H16N2/c1-8-3-4-9(6-11)10(5-8)7-12-2/h3-5,12H,6-7,11H2,1-2H3. The number of aryl methyl sites for hydroxylation is 1. The summed E-state index contributed by atoms with van der Waals surface area (Å²) in [5, 5.41) is 3.13. The zero-order valence-corrected chi connectivity index (χ0v) is 7.72. The molecule has 12 heavy (non-hydrogen) atoms. The summed E-state index contributed by atoms with van der Waals surface area (Å²) in [4.78, 5) is 0. The largest absolute Gasteiger partial charge is 0.326 e. The molecule has 2 nitrogen and oxygen atoms in total. The van der Waals surface area contributed by atoms with E-state index in [9.17, 15) is 0 Å². The topological polar surface area (TPSA) is 38.0 Å². The Morgan fingerprint density at radius 3 is 2.67 bits per heavy atom. The van der Waals surface area contributed by atoms with Gasteiger partial charge >= 0.3 is 0 Å². The average molecular weight is 164 g/mol. The molecule has 0 aliphatic rings. The summed E-state index contributed by atoms with van der Waals surface area (Å²) in [6.07, 6.45) is 0. The van der Waals surface area contributed by atoms with Crippen molar-refractivity contribution in [1.29, 1.82) is 0 Å². The first-order valence-corrected chi connectivity index (χ1v) is 4.21. The van der Waals surface area contributed by atoms with Gasteiger partial charge in [-0.3, -0.25) is 0 Å². The van der Waals surface area contributed by atoms with Gasteiger partial charge in [0.1, 0.15) is 0 Å². The van der Waals surface area contributed by atoms with Crippen molar-refractivity contribution in [2.75, 3.05) is 7.05 Å². The van der Waals surface area contributed by atoms with Gasteiger partial charge in [0.15, 0.2) is 0 Å². The van der Waals surface area contributed by atoms with Gasteiger partial charge in [-0.1, -0.05) is 23.8 Å². The Bertz CT molecular complexity index is 256. The van der Waals surface area contributed by atoms with Crippen molar-refractivity contribution in [3.05, 3.63) is 34.9 Å². The van der Waals surface area contributed by atoms with E-state index in [4.69, 9.17) is 5.73 Å². The number of benzene rings is 1. The summed E-state index contributed by atoms with van der Waals surface area (Å²) in [5.41, 5.74) is 9.43. The van der Waals surface area contributed by atoms with Crippen LogP contribution >= 0.6 is 0 Å². The van der Waals surface area contributed by atoms with Crippen LogP contribution in [-0.4, -0.2) is 7.05 Å². The molecule has 0 fully saturated rings. The zero-order chi connectivity index (χ0) is 8.97. The van der Waals surface area contributed by atoms with E-state index in [-0.39, 0.29) is 0 Å². The summed E-state index contributed by atoms with van der Waals surface area (Å²) in [5.74, 6) is 0. The minimum absolute atomic E-state index is 0.622. The van der Waals surface area contributed by atoms with Crippen molar-refractivity contribution in [3.63, 3.8) is 0 Å². The molecule has 0 atom stereocenters. The molecule has 1 rings (SSSR count). The van der Waals surface area contributed by atoms with E-state index in [1.54, 1.807) is 0 Å². The summed E-state index contributed by atoms with van der Waals surface area (Å²) in [6, 6.07) is 6.38. The Hall–Kier alpha value is -0.860. The molecule has 0 heterocycles. The van der Waals surface area contributed by atoms with E-state index in [0.29, 0.717) is 6.54 Å². The third-order valence-corrected chi connectivity index (χ3v) is 1.95. The van der Waals surface area contributed by atoms with Gasteiger partial charge in [-0.05, 0) is 25.1 Å². The molecule has 3 N–H and O–H groups in total. The summed E-state index contributed by atoms with van der Waals surface area (Å²) < 4.78 is 0. The number of hydrogen-bond acceptors (Lipinski definition) is 2. The van der Waals surface area contributed by atoms with E-state index in [2.05, 4.69) is 30.4 Å². The third-order valence-electron chi connectivity index (χ3n) is 1.95. The van der Waals surface area contributed by atoms with Crippen molar-refractivity contribution >= 4 is 0 Å². The van der Waals surface area contributed by atoms with Crippen molar-refractivity contribution < 1.29 is 0 Å². The fraction of sp³-hybridized carbons (Fsp3) is 0.400. The Morgan fingerprint density at radius 2 is 2.08 bits per heavy atom. The van der Waals surface area contributed by atoms with E-state index >= 15 is 0 Å². The van der Waals surface area contributed by atoms with Crippen LogP contribution in [0.1, 0.15) is 16.7 Å². The van der Waals surface area contributed by atoms with Crippen LogP contribution < -0.4 is 11.1 Å². The molecule has 0 radical (unpaired) electrons. The van der Waals surface area contributed by atoms with Crippen LogP contribution in [0.5, 0.6) is 0 Å². The summed E-state index contributed by atoms with van der Waals surface area (Å²) in [7, 11) is 1.95. The molecule has 2 heteroatoms. The normalized spacial score (nSPS) is 10.2. The Labute approximate surface area is 73.8 Å². The van der Waals surface area contributed by atoms with Crippen LogP contribution in [0.2, 0.25) is 0 Å². The quantitative estimate of drug-likeness (QED) is 0.704. The molecule has 0 aliphatic heterocycles. The predicted octanol–water partition coefficient (Wildman–Crippen LogP) is 1.17. The smallest absolute Gasteiger partial charge is 0.0205 e. The predicted molar refractivity (Wildman–Crippen MR) is 51.8 cm³/mol. The van der Waals surface area contributed by atoms with Gasteiger partial charge in [0.05, 0.1) is 0 Å². The molecule has 0 unspecified atom stereocenters. The summed E-state index contributed by atoms with van der Waals surface area (Å²) >= 11 is 0. The van der Waals surface area contributed by atoms with Gasteiger partial charge in [0.2, 0.25) is 0 Å². The molecule has 0 aromatic heterocycles. The van der Waals surface area contributed by atoms with Crippen LogP contribution in [0.25, 0.3) is 0 Å². The first kappa shape index (κ1) is 9.23. The maximum Gasteiger partial charge on any atom is 0.0205 e. The van der Waals surface area contributed by atoms with Gasteiger partial charge in [-0.15, -0.1) is 0 Å². The lowest BCUT2D eigenvalue weighted by atomic mass is 10.0. The van der Waals surface area contributed by atoms with E-state index in [1.165, 1.54) is 16.7 Å². The van der Waals surface area contributed by atoms with E-state index in [1.807, 2.05) is 7.05 Å². The second-order valence-corrected chi connectivity index (χ2v) is 3.01. The van der Waals surface area contributed by atoms with Crippen LogP contribution in [0.3, 0.4) is 0 Å². The fourth-order valence-electron chi connectivity index (χ4n) is 1.31. The molecule has 0 bridgehead atoms. The number of hydrogen-bond donors (Lipinski definition) is 2. The average Bonchev–Trinajstić information content (AvgIpc) is 2.05. The molecule has 1 aromatic rings. The third kappa shape index (κ3) is 2.06. The van der Waals surface area contributed by atoms with Crippen LogP contribution in [-0.2, 0) is 13.1 Å². The SMILES string of the molecule is CNCc1cc(C)ccc1CN. The Balaban J connectivity index is 2.95. The number of nitrogens with one attached hydrogen (secondary N) is 1. The molecule has 0 spiro atoms. The zero-order valence-electron chi connectivity index (χ0n) is 7.72. The van der Waals surface area contributed by atoms with Gasteiger partial charge in [-0.25, -0.2) is 0 Å². The highest BCUT2D eigenvalue weighted by Crippen LogP contribution is 2.10. The van der Waals surface area contributed by atoms with Crippen molar-refractivity contribution in [1.82, 2.24) is 5.32 Å². The van der Waals surface area contributed by atoms with Crippen LogP contribution in [0.15, 0.2) is 18.2 Å². The second-order valence-electron chi connectivity index (χ2n) is 3.01. The monoisotopic (exact) mass is 164 g/mol. The first-order valence-electron chi connectivity index (χ1n) is 4.21. The highest BCUT2D eigenvalue weighted by atomic mass is 14.8. The van der Waals surface area contributed by atoms with Gasteiger partial charge in [0.25, 0.3) is 0 Å². The molecule has 1 aromatic carbocycles. The Morgan fingerprint density at radius 1 is 1.33 bits per heavy atom. The lowest BCUT2D eigenvalue weighted by molar-refractivity contribution is 0.802. The minimum atomic E-state index is 0.622. The molecule has 66 valence electrons. The second kappa shape index (κ2) is 4.24. The minimum Gasteiger partial charge on any atom is -0.326 e. The first-order chi connectivity index (χ1) is 5.77. The van der Waals surface area contributed by atoms with Gasteiger partial charge < -0.3 is 11.1 Å². The lowest BCUT2D eigenvalue weighted by Crippen LogP contribution is -2.10. The van der Waals surface area contributed by atoms with E-state index in [0.717, 1.165) is 6.54 Å². The van der Waals surface area contributed by atoms with Crippen molar-refractivity contribution in [2.24, 2.45) is 5.73 Å². The van der Waals surface area contributed by atoms with Crippen molar-refractivity contribution in [3.8, 4) is 0 Å². The molecular weight excluding hydrogens is 148 g/mol. The molecule has 0 saturated carbocycles. The summed E-state index contributed by atoms with van der Waals surface area (Å²) in [6.45, 7) is 3.62. The molecule has 0 saturated heterocycles. The molecule has 0 amide bonds. The molecular formula is C10H16N2. The highest BCUT2D eigenvalue weighted by molar-refractivity contribution is 5.31.